The third-order valence-corrected chi connectivity index (χ3v) is 5.29. The van der Waals surface area contributed by atoms with Crippen molar-refractivity contribution in [1.29, 1.82) is 0 Å². The minimum absolute atomic E-state index is 0.125. The number of ether oxygens (including phenoxy) is 2. The minimum atomic E-state index is -0.394. The van der Waals surface area contributed by atoms with Crippen molar-refractivity contribution in [2.45, 2.75) is 13.5 Å². The number of morpholine rings is 1. The SMILES string of the molecule is Cc1cccc(-c2ccn(-c3cc(N4CCOCC4)nc(OCc4ccc(F)cn4)n3)n2)c1. The molecule has 3 aromatic heterocycles. The van der Waals surface area contributed by atoms with Crippen molar-refractivity contribution in [2.24, 2.45) is 0 Å². The van der Waals surface area contributed by atoms with Gasteiger partial charge in [-0.05, 0) is 31.2 Å². The molecule has 8 nitrogen and oxygen atoms in total. The predicted molar refractivity (Wildman–Crippen MR) is 121 cm³/mol. The molecule has 5 rings (SSSR count). The second-order valence-electron chi connectivity index (χ2n) is 7.74. The molecule has 9 heteroatoms. The van der Waals surface area contributed by atoms with Crippen LogP contribution in [0.1, 0.15) is 11.3 Å². The number of benzene rings is 1. The summed E-state index contributed by atoms with van der Waals surface area (Å²) in [5.41, 5.74) is 3.64. The maximum absolute atomic E-state index is 13.1. The van der Waals surface area contributed by atoms with Gasteiger partial charge in [0.25, 0.3) is 0 Å². The average molecular weight is 446 g/mol. The van der Waals surface area contributed by atoms with Crippen LogP contribution in [0.15, 0.2) is 60.9 Å². The summed E-state index contributed by atoms with van der Waals surface area (Å²) < 4.78 is 26.2. The lowest BCUT2D eigenvalue weighted by atomic mass is 10.1. The van der Waals surface area contributed by atoms with Crippen LogP contribution in [-0.2, 0) is 11.3 Å². The molecule has 0 atom stereocenters. The van der Waals surface area contributed by atoms with Crippen molar-refractivity contribution >= 4 is 5.82 Å². The number of aryl methyl sites for hydroxylation is 1. The smallest absolute Gasteiger partial charge is 0.320 e. The molecule has 33 heavy (non-hydrogen) atoms. The normalized spacial score (nSPS) is 13.8. The van der Waals surface area contributed by atoms with Crippen molar-refractivity contribution in [3.8, 4) is 23.1 Å². The number of hydrogen-bond acceptors (Lipinski definition) is 7. The highest BCUT2D eigenvalue weighted by Crippen LogP contribution is 2.23. The fourth-order valence-electron chi connectivity index (χ4n) is 3.58. The molecule has 1 aliphatic heterocycles. The third-order valence-electron chi connectivity index (χ3n) is 5.29. The molecule has 1 fully saturated rings. The molecular weight excluding hydrogens is 423 g/mol. The van der Waals surface area contributed by atoms with E-state index in [2.05, 4.69) is 38.9 Å². The van der Waals surface area contributed by atoms with E-state index in [9.17, 15) is 4.39 Å². The van der Waals surface area contributed by atoms with Crippen LogP contribution < -0.4 is 9.64 Å². The summed E-state index contributed by atoms with van der Waals surface area (Å²) in [5.74, 6) is 0.931. The Morgan fingerprint density at radius 2 is 1.88 bits per heavy atom. The van der Waals surface area contributed by atoms with Crippen LogP contribution in [0.3, 0.4) is 0 Å². The quantitative estimate of drug-likeness (QED) is 0.448. The fourth-order valence-corrected chi connectivity index (χ4v) is 3.58. The van der Waals surface area contributed by atoms with Gasteiger partial charge in [-0.3, -0.25) is 4.98 Å². The Morgan fingerprint density at radius 1 is 1.03 bits per heavy atom. The van der Waals surface area contributed by atoms with Crippen LogP contribution in [0.4, 0.5) is 10.2 Å². The lowest BCUT2D eigenvalue weighted by Crippen LogP contribution is -2.37. The largest absolute Gasteiger partial charge is 0.457 e. The third kappa shape index (κ3) is 4.98. The van der Waals surface area contributed by atoms with Crippen LogP contribution in [-0.4, -0.2) is 51.0 Å². The Bertz CT molecular complexity index is 1240. The van der Waals surface area contributed by atoms with Crippen LogP contribution in [0.2, 0.25) is 0 Å². The summed E-state index contributed by atoms with van der Waals surface area (Å²) in [6.45, 7) is 4.90. The summed E-state index contributed by atoms with van der Waals surface area (Å²) >= 11 is 0. The molecule has 1 aliphatic rings. The van der Waals surface area contributed by atoms with Crippen LogP contribution in [0, 0.1) is 12.7 Å². The molecule has 0 amide bonds. The molecule has 0 unspecified atom stereocenters. The number of anilines is 1. The average Bonchev–Trinajstić information content (AvgIpc) is 3.35. The van der Waals surface area contributed by atoms with Gasteiger partial charge in [-0.25, -0.2) is 9.07 Å². The highest BCUT2D eigenvalue weighted by atomic mass is 19.1. The fraction of sp³-hybridized carbons (Fsp3) is 0.250. The van der Waals surface area contributed by atoms with E-state index in [0.29, 0.717) is 24.7 Å². The first-order valence-electron chi connectivity index (χ1n) is 10.7. The molecule has 0 saturated carbocycles. The molecule has 1 saturated heterocycles. The van der Waals surface area contributed by atoms with Crippen LogP contribution in [0.25, 0.3) is 17.1 Å². The van der Waals surface area contributed by atoms with Gasteiger partial charge in [-0.15, -0.1) is 0 Å². The van der Waals surface area contributed by atoms with Crippen LogP contribution in [0.5, 0.6) is 6.01 Å². The van der Waals surface area contributed by atoms with Crippen molar-refractivity contribution in [3.05, 3.63) is 78.0 Å². The summed E-state index contributed by atoms with van der Waals surface area (Å²) in [6.07, 6.45) is 3.03. The molecule has 1 aromatic carbocycles. The van der Waals surface area contributed by atoms with E-state index in [0.717, 1.165) is 36.4 Å². The monoisotopic (exact) mass is 446 g/mol. The van der Waals surface area contributed by atoms with E-state index in [4.69, 9.17) is 14.6 Å². The number of halogens is 1. The van der Waals surface area contributed by atoms with Crippen molar-refractivity contribution in [3.63, 3.8) is 0 Å². The standard InChI is InChI=1S/C24H23FN6O2/c1-17-3-2-4-18(13-17)21-7-8-31(29-21)23-14-22(30-9-11-32-12-10-30)27-24(28-23)33-16-20-6-5-19(25)15-26-20/h2-8,13-15H,9-12,16H2,1H3. The van der Waals surface area contributed by atoms with Gasteiger partial charge in [0.2, 0.25) is 0 Å². The second kappa shape index (κ2) is 9.33. The number of hydrogen-bond donors (Lipinski definition) is 0. The first-order chi connectivity index (χ1) is 16.1. The summed E-state index contributed by atoms with van der Waals surface area (Å²) in [4.78, 5) is 15.3. The first-order valence-corrected chi connectivity index (χ1v) is 10.7. The number of nitrogens with zero attached hydrogens (tertiary/aromatic N) is 6. The number of aromatic nitrogens is 5. The van der Waals surface area contributed by atoms with Crippen molar-refractivity contribution in [2.75, 3.05) is 31.2 Å². The van der Waals surface area contributed by atoms with E-state index >= 15 is 0 Å². The highest BCUT2D eigenvalue weighted by molar-refractivity contribution is 5.60. The van der Waals surface area contributed by atoms with Gasteiger partial charge < -0.3 is 14.4 Å². The zero-order valence-electron chi connectivity index (χ0n) is 18.2. The van der Waals surface area contributed by atoms with Gasteiger partial charge in [0.05, 0.1) is 30.8 Å². The van der Waals surface area contributed by atoms with Gasteiger partial charge >= 0.3 is 6.01 Å². The second-order valence-corrected chi connectivity index (χ2v) is 7.74. The lowest BCUT2D eigenvalue weighted by Gasteiger charge is -2.28. The zero-order valence-corrected chi connectivity index (χ0v) is 18.2. The zero-order chi connectivity index (χ0) is 22.6. The predicted octanol–water partition coefficient (Wildman–Crippen LogP) is 3.59. The molecule has 4 heterocycles. The Labute approximate surface area is 190 Å². The van der Waals surface area contributed by atoms with Gasteiger partial charge in [-0.2, -0.15) is 15.1 Å². The topological polar surface area (TPSA) is 78.2 Å². The van der Waals surface area contributed by atoms with E-state index in [1.165, 1.54) is 11.6 Å². The van der Waals surface area contributed by atoms with Crippen molar-refractivity contribution < 1.29 is 13.9 Å². The molecule has 0 bridgehead atoms. The first kappa shape index (κ1) is 21.0. The Morgan fingerprint density at radius 3 is 2.67 bits per heavy atom. The molecule has 0 aliphatic carbocycles. The van der Waals surface area contributed by atoms with E-state index in [1.54, 1.807) is 10.7 Å². The van der Waals surface area contributed by atoms with E-state index in [1.807, 2.05) is 30.5 Å². The maximum atomic E-state index is 13.1. The van der Waals surface area contributed by atoms with E-state index in [-0.39, 0.29) is 12.6 Å². The summed E-state index contributed by atoms with van der Waals surface area (Å²) in [7, 11) is 0. The summed E-state index contributed by atoms with van der Waals surface area (Å²) in [5, 5.41) is 4.72. The molecule has 0 radical (unpaired) electrons. The molecule has 168 valence electrons. The summed E-state index contributed by atoms with van der Waals surface area (Å²) in [6, 6.07) is 15.2. The molecule has 0 N–H and O–H groups in total. The minimum Gasteiger partial charge on any atom is -0.457 e. The Kier molecular flexibility index (Phi) is 5.95. The number of pyridine rings is 1. The maximum Gasteiger partial charge on any atom is 0.320 e. The highest BCUT2D eigenvalue weighted by Gasteiger charge is 2.17. The van der Waals surface area contributed by atoms with Crippen molar-refractivity contribution in [1.82, 2.24) is 24.7 Å². The molecular formula is C24H23FN6O2. The van der Waals surface area contributed by atoms with Gasteiger partial charge in [0, 0.05) is 30.9 Å². The van der Waals surface area contributed by atoms with E-state index < -0.39 is 5.82 Å². The molecule has 4 aromatic rings. The Balaban J connectivity index is 1.45. The van der Waals surface area contributed by atoms with Gasteiger partial charge in [-0.1, -0.05) is 23.8 Å². The van der Waals surface area contributed by atoms with Gasteiger partial charge in [0.15, 0.2) is 5.82 Å². The molecule has 0 spiro atoms. The van der Waals surface area contributed by atoms with Crippen LogP contribution >= 0.6 is 0 Å². The Hall–Kier alpha value is -3.85. The van der Waals surface area contributed by atoms with Gasteiger partial charge in [0.1, 0.15) is 18.2 Å². The lowest BCUT2D eigenvalue weighted by molar-refractivity contribution is 0.122. The number of rotatable bonds is 6.